The summed E-state index contributed by atoms with van der Waals surface area (Å²) in [7, 11) is -3.54. The van der Waals surface area contributed by atoms with Gasteiger partial charge in [-0.3, -0.25) is 0 Å². The van der Waals surface area contributed by atoms with Crippen molar-refractivity contribution >= 4 is 10.0 Å². The lowest BCUT2D eigenvalue weighted by Gasteiger charge is -2.22. The Morgan fingerprint density at radius 3 is 2.00 bits per heavy atom. The van der Waals surface area contributed by atoms with Gasteiger partial charge in [0, 0.05) is 25.2 Å². The first kappa shape index (κ1) is 18.2. The Balaban J connectivity index is 3.21. The average molecular weight is 316 g/mol. The lowest BCUT2D eigenvalue weighted by molar-refractivity contribution is 0.393. The largest absolute Gasteiger partial charge is 0.465 e. The van der Waals surface area contributed by atoms with Crippen molar-refractivity contribution in [1.82, 2.24) is 4.31 Å². The molecule has 0 saturated carbocycles. The van der Waals surface area contributed by atoms with Crippen LogP contribution in [0.1, 0.15) is 56.6 Å². The second-order valence-corrected chi connectivity index (χ2v) is 7.21. The van der Waals surface area contributed by atoms with E-state index in [9.17, 15) is 8.42 Å². The first-order valence-electron chi connectivity index (χ1n) is 7.69. The van der Waals surface area contributed by atoms with E-state index < -0.39 is 10.0 Å². The van der Waals surface area contributed by atoms with Crippen LogP contribution in [0.4, 0.5) is 0 Å². The van der Waals surface area contributed by atoms with E-state index in [1.807, 2.05) is 0 Å². The van der Waals surface area contributed by atoms with Crippen molar-refractivity contribution < 1.29 is 12.8 Å². The molecule has 0 bridgehead atoms. The zero-order valence-electron chi connectivity index (χ0n) is 13.6. The van der Waals surface area contributed by atoms with Gasteiger partial charge in [0.05, 0.1) is 0 Å². The molecule has 0 aromatic carbocycles. The number of sulfonamides is 1. The minimum Gasteiger partial charge on any atom is -0.465 e. The van der Waals surface area contributed by atoms with Gasteiger partial charge < -0.3 is 10.2 Å². The van der Waals surface area contributed by atoms with E-state index in [4.69, 9.17) is 10.2 Å². The van der Waals surface area contributed by atoms with E-state index in [0.717, 1.165) is 25.7 Å². The van der Waals surface area contributed by atoms with Crippen LogP contribution in [0.25, 0.3) is 0 Å². The summed E-state index contributed by atoms with van der Waals surface area (Å²) in [4.78, 5) is 0.273. The molecule has 1 heterocycles. The number of unbranched alkanes of at least 4 members (excludes halogenated alkanes) is 2. The molecule has 1 aromatic rings. The number of nitrogens with two attached hydrogens (primary N) is 1. The molecule has 0 fully saturated rings. The van der Waals surface area contributed by atoms with Crippen LogP contribution in [-0.4, -0.2) is 25.8 Å². The van der Waals surface area contributed by atoms with E-state index in [1.165, 1.54) is 0 Å². The Kier molecular flexibility index (Phi) is 6.90. The maximum atomic E-state index is 13.0. The van der Waals surface area contributed by atoms with Crippen LogP contribution in [-0.2, 0) is 16.6 Å². The van der Waals surface area contributed by atoms with Crippen molar-refractivity contribution in [3.63, 3.8) is 0 Å². The van der Waals surface area contributed by atoms with Gasteiger partial charge in [-0.25, -0.2) is 8.42 Å². The van der Waals surface area contributed by atoms with Gasteiger partial charge in [0.15, 0.2) is 0 Å². The summed E-state index contributed by atoms with van der Waals surface area (Å²) in [5.41, 5.74) is 6.32. The van der Waals surface area contributed by atoms with E-state index in [-0.39, 0.29) is 11.4 Å². The van der Waals surface area contributed by atoms with Crippen molar-refractivity contribution in [2.45, 2.75) is 64.8 Å². The van der Waals surface area contributed by atoms with Gasteiger partial charge in [-0.15, -0.1) is 0 Å². The molecule has 0 radical (unpaired) electrons. The summed E-state index contributed by atoms with van der Waals surface area (Å²) in [6.07, 6.45) is 3.64. The lowest BCUT2D eigenvalue weighted by atomic mass is 10.2. The number of aryl methyl sites for hydroxylation is 2. The SMILES string of the molecule is CCCCN(CCCC)S(=O)(=O)c1c(C)oc(C)c1CN. The Morgan fingerprint density at radius 2 is 1.57 bits per heavy atom. The summed E-state index contributed by atoms with van der Waals surface area (Å²) < 4.78 is 33.0. The van der Waals surface area contributed by atoms with Gasteiger partial charge >= 0.3 is 0 Å². The van der Waals surface area contributed by atoms with Crippen LogP contribution in [0.3, 0.4) is 0 Å². The number of hydrogen-bond donors (Lipinski definition) is 1. The number of hydrogen-bond acceptors (Lipinski definition) is 4. The molecule has 1 rings (SSSR count). The van der Waals surface area contributed by atoms with Crippen LogP contribution in [0.5, 0.6) is 0 Å². The molecule has 0 aliphatic carbocycles. The third kappa shape index (κ3) is 4.08. The van der Waals surface area contributed by atoms with Crippen molar-refractivity contribution in [3.05, 3.63) is 17.1 Å². The highest BCUT2D eigenvalue weighted by molar-refractivity contribution is 7.89. The quantitative estimate of drug-likeness (QED) is 0.760. The topological polar surface area (TPSA) is 76.5 Å². The van der Waals surface area contributed by atoms with Gasteiger partial charge in [0.2, 0.25) is 10.0 Å². The minimum absolute atomic E-state index is 0.174. The normalized spacial score (nSPS) is 12.3. The summed E-state index contributed by atoms with van der Waals surface area (Å²) >= 11 is 0. The van der Waals surface area contributed by atoms with Crippen molar-refractivity contribution in [1.29, 1.82) is 0 Å². The molecule has 0 aliphatic rings. The first-order chi connectivity index (χ1) is 9.89. The van der Waals surface area contributed by atoms with Crippen molar-refractivity contribution in [3.8, 4) is 0 Å². The van der Waals surface area contributed by atoms with Crippen LogP contribution < -0.4 is 5.73 Å². The summed E-state index contributed by atoms with van der Waals surface area (Å²) in [5.74, 6) is 1.03. The summed E-state index contributed by atoms with van der Waals surface area (Å²) in [5, 5.41) is 0. The van der Waals surface area contributed by atoms with Gasteiger partial charge in [-0.2, -0.15) is 4.31 Å². The fourth-order valence-corrected chi connectivity index (χ4v) is 4.37. The Hall–Kier alpha value is -0.850. The standard InChI is InChI=1S/C15H28N2O3S/c1-5-7-9-17(10-8-6-2)21(18,19)15-13(4)20-12(3)14(15)11-16/h5-11,16H2,1-4H3. The minimum atomic E-state index is -3.54. The zero-order valence-corrected chi connectivity index (χ0v) is 14.4. The predicted octanol–water partition coefficient (Wildman–Crippen LogP) is 2.95. The lowest BCUT2D eigenvalue weighted by Crippen LogP contribution is -2.34. The second kappa shape index (κ2) is 7.96. The van der Waals surface area contributed by atoms with E-state index in [2.05, 4.69) is 13.8 Å². The molecule has 0 aliphatic heterocycles. The predicted molar refractivity (Wildman–Crippen MR) is 84.6 cm³/mol. The van der Waals surface area contributed by atoms with Gasteiger partial charge in [-0.05, 0) is 26.7 Å². The monoisotopic (exact) mass is 316 g/mol. The molecule has 2 N–H and O–H groups in total. The molecule has 0 unspecified atom stereocenters. The van der Waals surface area contributed by atoms with Gasteiger partial charge in [0.25, 0.3) is 0 Å². The molecule has 0 atom stereocenters. The van der Waals surface area contributed by atoms with Gasteiger partial charge in [0.1, 0.15) is 16.4 Å². The first-order valence-corrected chi connectivity index (χ1v) is 9.13. The number of rotatable bonds is 9. The second-order valence-electron chi connectivity index (χ2n) is 5.34. The zero-order chi connectivity index (χ0) is 16.0. The highest BCUT2D eigenvalue weighted by Gasteiger charge is 2.31. The molecule has 122 valence electrons. The molecule has 1 aromatic heterocycles. The smallest absolute Gasteiger partial charge is 0.246 e. The Labute approximate surface area is 128 Å². The maximum Gasteiger partial charge on any atom is 0.246 e. The number of nitrogens with zero attached hydrogens (tertiary/aromatic N) is 1. The summed E-state index contributed by atoms with van der Waals surface area (Å²) in [6.45, 7) is 8.84. The maximum absolute atomic E-state index is 13.0. The van der Waals surface area contributed by atoms with E-state index in [1.54, 1.807) is 18.2 Å². The highest BCUT2D eigenvalue weighted by atomic mass is 32.2. The molecular formula is C15H28N2O3S. The number of furan rings is 1. The third-order valence-corrected chi connectivity index (χ3v) is 5.74. The molecule has 0 saturated heterocycles. The van der Waals surface area contributed by atoms with Crippen LogP contribution in [0.15, 0.2) is 9.31 Å². The molecule has 0 spiro atoms. The van der Waals surface area contributed by atoms with E-state index >= 15 is 0 Å². The Morgan fingerprint density at radius 1 is 1.05 bits per heavy atom. The molecular weight excluding hydrogens is 288 g/mol. The molecule has 6 heteroatoms. The van der Waals surface area contributed by atoms with Crippen LogP contribution in [0, 0.1) is 13.8 Å². The van der Waals surface area contributed by atoms with Gasteiger partial charge in [-0.1, -0.05) is 26.7 Å². The van der Waals surface area contributed by atoms with Crippen molar-refractivity contribution in [2.24, 2.45) is 5.73 Å². The summed E-state index contributed by atoms with van der Waals surface area (Å²) in [6, 6.07) is 0. The Bertz CT molecular complexity index is 542. The fraction of sp³-hybridized carbons (Fsp3) is 0.733. The fourth-order valence-electron chi connectivity index (χ4n) is 2.43. The van der Waals surface area contributed by atoms with E-state index in [0.29, 0.717) is 30.2 Å². The molecule has 21 heavy (non-hydrogen) atoms. The highest BCUT2D eigenvalue weighted by Crippen LogP contribution is 2.29. The third-order valence-electron chi connectivity index (χ3n) is 3.65. The average Bonchev–Trinajstić information content (AvgIpc) is 2.73. The van der Waals surface area contributed by atoms with Crippen LogP contribution >= 0.6 is 0 Å². The molecule has 5 nitrogen and oxygen atoms in total. The molecule has 0 amide bonds. The van der Waals surface area contributed by atoms with Crippen molar-refractivity contribution in [2.75, 3.05) is 13.1 Å². The van der Waals surface area contributed by atoms with Crippen LogP contribution in [0.2, 0.25) is 0 Å².